The standard InChI is InChI=1S/C20H23NO4/c1-24-18-9-5-3-7-16(18)14-21(11-12-22)20(23)19-17-8-4-2-6-15(17)10-13-25-19/h2-9,19,22H,10-14H2,1H3. The Kier molecular flexibility index (Phi) is 5.68. The Morgan fingerprint density at radius 1 is 1.24 bits per heavy atom. The Bertz CT molecular complexity index is 731. The Labute approximate surface area is 147 Å². The van der Waals surface area contributed by atoms with Gasteiger partial charge in [-0.15, -0.1) is 0 Å². The summed E-state index contributed by atoms with van der Waals surface area (Å²) in [6.45, 7) is 1.04. The van der Waals surface area contributed by atoms with E-state index in [0.29, 0.717) is 13.2 Å². The second kappa shape index (κ2) is 8.14. The van der Waals surface area contributed by atoms with Crippen LogP contribution < -0.4 is 4.74 Å². The summed E-state index contributed by atoms with van der Waals surface area (Å²) in [6, 6.07) is 15.5. The fourth-order valence-electron chi connectivity index (χ4n) is 3.19. The molecule has 2 aromatic rings. The van der Waals surface area contributed by atoms with E-state index in [1.54, 1.807) is 12.0 Å². The fraction of sp³-hybridized carbons (Fsp3) is 0.350. The summed E-state index contributed by atoms with van der Waals surface area (Å²) in [6.07, 6.45) is 0.193. The zero-order valence-electron chi connectivity index (χ0n) is 14.4. The van der Waals surface area contributed by atoms with Crippen LogP contribution in [0.5, 0.6) is 5.75 Å². The second-order valence-corrected chi connectivity index (χ2v) is 5.99. The predicted octanol–water partition coefficient (Wildman–Crippen LogP) is 2.33. The van der Waals surface area contributed by atoms with Crippen molar-refractivity contribution in [1.29, 1.82) is 0 Å². The fourth-order valence-corrected chi connectivity index (χ4v) is 3.19. The molecular weight excluding hydrogens is 318 g/mol. The largest absolute Gasteiger partial charge is 0.496 e. The molecule has 0 radical (unpaired) electrons. The molecule has 2 aromatic carbocycles. The first kappa shape index (κ1) is 17.5. The number of hydrogen-bond donors (Lipinski definition) is 1. The number of carbonyl (C=O) groups excluding carboxylic acids is 1. The van der Waals surface area contributed by atoms with Crippen LogP contribution in [-0.4, -0.2) is 42.8 Å². The smallest absolute Gasteiger partial charge is 0.256 e. The summed E-state index contributed by atoms with van der Waals surface area (Å²) < 4.78 is 11.2. The molecule has 1 heterocycles. The van der Waals surface area contributed by atoms with Crippen LogP contribution in [0.4, 0.5) is 0 Å². The van der Waals surface area contributed by atoms with E-state index >= 15 is 0 Å². The number of methoxy groups -OCH3 is 1. The normalized spacial score (nSPS) is 16.2. The van der Waals surface area contributed by atoms with Gasteiger partial charge in [-0.1, -0.05) is 42.5 Å². The highest BCUT2D eigenvalue weighted by atomic mass is 16.5. The summed E-state index contributed by atoms with van der Waals surface area (Å²) in [5.74, 6) is 0.593. The first-order valence-corrected chi connectivity index (χ1v) is 8.45. The summed E-state index contributed by atoms with van der Waals surface area (Å²) in [5, 5.41) is 9.42. The maximum absolute atomic E-state index is 13.1. The van der Waals surface area contributed by atoms with Gasteiger partial charge in [-0.2, -0.15) is 0 Å². The van der Waals surface area contributed by atoms with E-state index in [-0.39, 0.29) is 19.1 Å². The van der Waals surface area contributed by atoms with Crippen molar-refractivity contribution in [2.24, 2.45) is 0 Å². The van der Waals surface area contributed by atoms with Gasteiger partial charge in [-0.25, -0.2) is 0 Å². The monoisotopic (exact) mass is 341 g/mol. The first-order chi connectivity index (χ1) is 12.2. The van der Waals surface area contributed by atoms with E-state index in [0.717, 1.165) is 28.9 Å². The third-order valence-corrected chi connectivity index (χ3v) is 4.45. The van der Waals surface area contributed by atoms with Gasteiger partial charge in [0.25, 0.3) is 5.91 Å². The third kappa shape index (κ3) is 3.83. The zero-order chi connectivity index (χ0) is 17.6. The minimum absolute atomic E-state index is 0.102. The lowest BCUT2D eigenvalue weighted by Gasteiger charge is -2.31. The van der Waals surface area contributed by atoms with Crippen molar-refractivity contribution < 1.29 is 19.4 Å². The summed E-state index contributed by atoms with van der Waals surface area (Å²) in [5.41, 5.74) is 2.96. The number of nitrogens with zero attached hydrogens (tertiary/aromatic N) is 1. The molecule has 132 valence electrons. The number of ether oxygens (including phenoxy) is 2. The average molecular weight is 341 g/mol. The van der Waals surface area contributed by atoms with Gasteiger partial charge < -0.3 is 19.5 Å². The van der Waals surface area contributed by atoms with Crippen LogP contribution in [0.3, 0.4) is 0 Å². The van der Waals surface area contributed by atoms with Crippen molar-refractivity contribution in [3.05, 3.63) is 65.2 Å². The van der Waals surface area contributed by atoms with Gasteiger partial charge in [0.1, 0.15) is 5.75 Å². The summed E-state index contributed by atoms with van der Waals surface area (Å²) >= 11 is 0. The van der Waals surface area contributed by atoms with Crippen LogP contribution in [0.2, 0.25) is 0 Å². The lowest BCUT2D eigenvalue weighted by Crippen LogP contribution is -2.39. The van der Waals surface area contributed by atoms with E-state index in [9.17, 15) is 9.90 Å². The molecule has 1 N–H and O–H groups in total. The Morgan fingerprint density at radius 3 is 2.80 bits per heavy atom. The number of aliphatic hydroxyl groups excluding tert-OH is 1. The van der Waals surface area contributed by atoms with Crippen molar-refractivity contribution in [2.45, 2.75) is 19.1 Å². The van der Waals surface area contributed by atoms with E-state index in [4.69, 9.17) is 9.47 Å². The minimum atomic E-state index is -0.619. The molecule has 3 rings (SSSR count). The lowest BCUT2D eigenvalue weighted by molar-refractivity contribution is -0.146. The third-order valence-electron chi connectivity index (χ3n) is 4.45. The quantitative estimate of drug-likeness (QED) is 0.876. The van der Waals surface area contributed by atoms with E-state index in [1.807, 2.05) is 48.5 Å². The Hall–Kier alpha value is -2.37. The zero-order valence-corrected chi connectivity index (χ0v) is 14.4. The number of fused-ring (bicyclic) bond motifs is 1. The molecule has 0 bridgehead atoms. The Balaban J connectivity index is 1.85. The highest BCUT2D eigenvalue weighted by Gasteiger charge is 2.31. The highest BCUT2D eigenvalue weighted by molar-refractivity contribution is 5.83. The van der Waals surface area contributed by atoms with Crippen molar-refractivity contribution in [3.63, 3.8) is 0 Å². The molecule has 1 atom stereocenters. The van der Waals surface area contributed by atoms with Crippen LogP contribution in [0.25, 0.3) is 0 Å². The van der Waals surface area contributed by atoms with Gasteiger partial charge in [-0.3, -0.25) is 4.79 Å². The van der Waals surface area contributed by atoms with E-state index in [2.05, 4.69) is 0 Å². The molecule has 1 aliphatic heterocycles. The highest BCUT2D eigenvalue weighted by Crippen LogP contribution is 2.29. The van der Waals surface area contributed by atoms with Crippen LogP contribution in [-0.2, 0) is 22.5 Å². The molecule has 1 aliphatic rings. The number of benzene rings is 2. The average Bonchev–Trinajstić information content (AvgIpc) is 2.67. The first-order valence-electron chi connectivity index (χ1n) is 8.45. The summed E-state index contributed by atoms with van der Waals surface area (Å²) in [7, 11) is 1.61. The molecule has 0 fully saturated rings. The van der Waals surface area contributed by atoms with Crippen LogP contribution >= 0.6 is 0 Å². The van der Waals surface area contributed by atoms with Crippen molar-refractivity contribution in [3.8, 4) is 5.75 Å². The van der Waals surface area contributed by atoms with Crippen LogP contribution in [0, 0.1) is 0 Å². The molecule has 5 heteroatoms. The maximum Gasteiger partial charge on any atom is 0.256 e. The van der Waals surface area contributed by atoms with Gasteiger partial charge in [-0.05, 0) is 23.6 Å². The van der Waals surface area contributed by atoms with Gasteiger partial charge in [0.15, 0.2) is 6.10 Å². The molecular formula is C20H23NO4. The molecule has 0 aromatic heterocycles. The topological polar surface area (TPSA) is 59.0 Å². The number of para-hydroxylation sites is 1. The van der Waals surface area contributed by atoms with Crippen LogP contribution in [0.15, 0.2) is 48.5 Å². The van der Waals surface area contributed by atoms with Crippen molar-refractivity contribution in [2.75, 3.05) is 26.9 Å². The molecule has 0 saturated carbocycles. The number of amides is 1. The molecule has 0 saturated heterocycles. The van der Waals surface area contributed by atoms with Crippen LogP contribution in [0.1, 0.15) is 22.8 Å². The number of aliphatic hydroxyl groups is 1. The Morgan fingerprint density at radius 2 is 2.00 bits per heavy atom. The van der Waals surface area contributed by atoms with Gasteiger partial charge in [0.2, 0.25) is 0 Å². The molecule has 0 aliphatic carbocycles. The van der Waals surface area contributed by atoms with Crippen molar-refractivity contribution >= 4 is 5.91 Å². The lowest BCUT2D eigenvalue weighted by atomic mass is 9.96. The molecule has 1 unspecified atom stereocenters. The SMILES string of the molecule is COc1ccccc1CN(CCO)C(=O)C1OCCc2ccccc21. The second-order valence-electron chi connectivity index (χ2n) is 5.99. The van der Waals surface area contributed by atoms with E-state index in [1.165, 1.54) is 0 Å². The maximum atomic E-state index is 13.1. The number of rotatable bonds is 6. The minimum Gasteiger partial charge on any atom is -0.496 e. The molecule has 25 heavy (non-hydrogen) atoms. The number of carbonyl (C=O) groups is 1. The molecule has 0 spiro atoms. The predicted molar refractivity (Wildman–Crippen MR) is 94.3 cm³/mol. The van der Waals surface area contributed by atoms with E-state index < -0.39 is 6.10 Å². The number of hydrogen-bond acceptors (Lipinski definition) is 4. The van der Waals surface area contributed by atoms with Gasteiger partial charge in [0.05, 0.1) is 20.3 Å². The van der Waals surface area contributed by atoms with Gasteiger partial charge in [0, 0.05) is 18.7 Å². The van der Waals surface area contributed by atoms with Gasteiger partial charge >= 0.3 is 0 Å². The molecule has 1 amide bonds. The van der Waals surface area contributed by atoms with Crippen molar-refractivity contribution in [1.82, 2.24) is 4.90 Å². The summed E-state index contributed by atoms with van der Waals surface area (Å²) in [4.78, 5) is 14.7. The molecule has 5 nitrogen and oxygen atoms in total.